The van der Waals surface area contributed by atoms with Gasteiger partial charge in [-0.3, -0.25) is 4.79 Å². The number of para-hydroxylation sites is 1. The molecule has 3 N–H and O–H groups in total. The molecule has 6 nitrogen and oxygen atoms in total. The van der Waals surface area contributed by atoms with E-state index in [1.807, 2.05) is 12.1 Å². The van der Waals surface area contributed by atoms with Gasteiger partial charge in [0.15, 0.2) is 0 Å². The van der Waals surface area contributed by atoms with Gasteiger partial charge in [0.1, 0.15) is 17.0 Å². The number of nitrogens with zero attached hydrogens (tertiary/aromatic N) is 2. The standard InChI is InChI=1S/C17H13N3O3/c21-14-8-5-12(6-9-14)17(23)20-18-10-13-7-4-11-2-1-3-15(22)16(11)19-13/h1-10,21-22H,(H,20,23)/b18-10+. The second-order valence-electron chi connectivity index (χ2n) is 4.83. The van der Waals surface area contributed by atoms with Gasteiger partial charge in [0.25, 0.3) is 5.91 Å². The molecule has 2 aromatic carbocycles. The van der Waals surface area contributed by atoms with Gasteiger partial charge < -0.3 is 10.2 Å². The van der Waals surface area contributed by atoms with Crippen molar-refractivity contribution in [3.05, 3.63) is 65.9 Å². The normalized spacial score (nSPS) is 11.0. The second kappa shape index (κ2) is 6.15. The number of carbonyl (C=O) groups excluding carboxylic acids is 1. The summed E-state index contributed by atoms with van der Waals surface area (Å²) in [6.07, 6.45) is 1.39. The zero-order valence-electron chi connectivity index (χ0n) is 12.0. The van der Waals surface area contributed by atoms with Gasteiger partial charge in [-0.2, -0.15) is 5.10 Å². The molecule has 1 heterocycles. The molecule has 0 saturated heterocycles. The van der Waals surface area contributed by atoms with Crippen molar-refractivity contribution in [2.24, 2.45) is 5.10 Å². The number of hydrogen-bond donors (Lipinski definition) is 3. The van der Waals surface area contributed by atoms with E-state index in [0.29, 0.717) is 16.8 Å². The van der Waals surface area contributed by atoms with Crippen molar-refractivity contribution in [1.29, 1.82) is 0 Å². The third kappa shape index (κ3) is 3.26. The molecular formula is C17H13N3O3. The average molecular weight is 307 g/mol. The number of aromatic hydroxyl groups is 2. The van der Waals surface area contributed by atoms with Gasteiger partial charge in [0.2, 0.25) is 0 Å². The van der Waals surface area contributed by atoms with E-state index < -0.39 is 5.91 Å². The van der Waals surface area contributed by atoms with Gasteiger partial charge >= 0.3 is 0 Å². The molecule has 0 aliphatic rings. The Balaban J connectivity index is 1.74. The first kappa shape index (κ1) is 14.5. The molecule has 0 radical (unpaired) electrons. The lowest BCUT2D eigenvalue weighted by Gasteiger charge is -2.02. The van der Waals surface area contributed by atoms with E-state index in [-0.39, 0.29) is 11.5 Å². The molecule has 0 aliphatic carbocycles. The van der Waals surface area contributed by atoms with Crippen LogP contribution in [0.25, 0.3) is 10.9 Å². The number of amides is 1. The van der Waals surface area contributed by atoms with E-state index in [4.69, 9.17) is 0 Å². The van der Waals surface area contributed by atoms with Crippen LogP contribution in [0, 0.1) is 0 Å². The number of aromatic nitrogens is 1. The molecule has 0 atom stereocenters. The minimum atomic E-state index is -0.398. The van der Waals surface area contributed by atoms with Crippen LogP contribution in [0.15, 0.2) is 59.7 Å². The van der Waals surface area contributed by atoms with Crippen LogP contribution in [0.3, 0.4) is 0 Å². The van der Waals surface area contributed by atoms with Gasteiger partial charge in [0.05, 0.1) is 11.9 Å². The van der Waals surface area contributed by atoms with Crippen LogP contribution in [-0.4, -0.2) is 27.3 Å². The third-order valence-corrected chi connectivity index (χ3v) is 3.21. The molecule has 1 amide bonds. The molecule has 0 saturated carbocycles. The van der Waals surface area contributed by atoms with E-state index in [1.54, 1.807) is 18.2 Å². The highest BCUT2D eigenvalue weighted by molar-refractivity contribution is 5.95. The predicted octanol–water partition coefficient (Wildman–Crippen LogP) is 2.41. The number of hydrogen-bond acceptors (Lipinski definition) is 5. The molecule has 3 aromatic rings. The summed E-state index contributed by atoms with van der Waals surface area (Å²) in [7, 11) is 0. The first-order chi connectivity index (χ1) is 11.1. The van der Waals surface area contributed by atoms with Gasteiger partial charge in [0, 0.05) is 10.9 Å². The average Bonchev–Trinajstić information content (AvgIpc) is 2.56. The lowest BCUT2D eigenvalue weighted by Crippen LogP contribution is -2.17. The van der Waals surface area contributed by atoms with Crippen LogP contribution in [0.1, 0.15) is 16.1 Å². The minimum Gasteiger partial charge on any atom is -0.508 e. The fourth-order valence-electron chi connectivity index (χ4n) is 2.05. The van der Waals surface area contributed by atoms with E-state index in [9.17, 15) is 15.0 Å². The lowest BCUT2D eigenvalue weighted by atomic mass is 10.2. The SMILES string of the molecule is O=C(N/N=C/c1ccc2cccc(O)c2n1)c1ccc(O)cc1. The van der Waals surface area contributed by atoms with Crippen LogP contribution in [0.4, 0.5) is 0 Å². The molecule has 1 aromatic heterocycles. The lowest BCUT2D eigenvalue weighted by molar-refractivity contribution is 0.0955. The fraction of sp³-hybridized carbons (Fsp3) is 0. The summed E-state index contributed by atoms with van der Waals surface area (Å²) in [5.74, 6) is -0.221. The summed E-state index contributed by atoms with van der Waals surface area (Å²) < 4.78 is 0. The minimum absolute atomic E-state index is 0.0882. The number of nitrogens with one attached hydrogen (secondary N) is 1. The molecule has 23 heavy (non-hydrogen) atoms. The van der Waals surface area contributed by atoms with Gasteiger partial charge in [-0.1, -0.05) is 18.2 Å². The van der Waals surface area contributed by atoms with Gasteiger partial charge in [-0.15, -0.1) is 0 Å². The third-order valence-electron chi connectivity index (χ3n) is 3.21. The van der Waals surface area contributed by atoms with E-state index in [2.05, 4.69) is 15.5 Å². The van der Waals surface area contributed by atoms with Gasteiger partial charge in [-0.05, 0) is 36.4 Å². The van der Waals surface area contributed by atoms with E-state index in [1.165, 1.54) is 30.5 Å². The first-order valence-electron chi connectivity index (χ1n) is 6.85. The Morgan fingerprint density at radius 3 is 2.61 bits per heavy atom. The molecule has 0 fully saturated rings. The number of carbonyl (C=O) groups is 1. The molecule has 6 heteroatoms. The highest BCUT2D eigenvalue weighted by Crippen LogP contribution is 2.21. The first-order valence-corrected chi connectivity index (χ1v) is 6.85. The molecule has 114 valence electrons. The molecule has 0 spiro atoms. The van der Waals surface area contributed by atoms with Crippen molar-refractivity contribution in [2.45, 2.75) is 0 Å². The molecule has 0 aliphatic heterocycles. The van der Waals surface area contributed by atoms with Crippen LogP contribution >= 0.6 is 0 Å². The highest BCUT2D eigenvalue weighted by atomic mass is 16.3. The van der Waals surface area contributed by atoms with Crippen molar-refractivity contribution < 1.29 is 15.0 Å². The summed E-state index contributed by atoms with van der Waals surface area (Å²) in [5, 5.41) is 23.6. The fourth-order valence-corrected chi connectivity index (χ4v) is 2.05. The molecule has 0 bridgehead atoms. The second-order valence-corrected chi connectivity index (χ2v) is 4.83. The van der Waals surface area contributed by atoms with Crippen LogP contribution in [-0.2, 0) is 0 Å². The van der Waals surface area contributed by atoms with E-state index >= 15 is 0 Å². The number of phenolic OH excluding ortho intramolecular Hbond substituents is 2. The van der Waals surface area contributed by atoms with E-state index in [0.717, 1.165) is 5.39 Å². The summed E-state index contributed by atoms with van der Waals surface area (Å²) in [5.41, 5.74) is 3.73. The quantitative estimate of drug-likeness (QED) is 0.511. The Bertz CT molecular complexity index is 889. The molecule has 0 unspecified atom stereocenters. The maximum atomic E-state index is 11.8. The summed E-state index contributed by atoms with van der Waals surface area (Å²) in [6, 6.07) is 14.5. The monoisotopic (exact) mass is 307 g/mol. The maximum Gasteiger partial charge on any atom is 0.271 e. The summed E-state index contributed by atoms with van der Waals surface area (Å²) in [6.45, 7) is 0. The smallest absolute Gasteiger partial charge is 0.271 e. The van der Waals surface area contributed by atoms with Crippen molar-refractivity contribution >= 4 is 23.0 Å². The number of fused-ring (bicyclic) bond motifs is 1. The van der Waals surface area contributed by atoms with Gasteiger partial charge in [-0.25, -0.2) is 10.4 Å². The largest absolute Gasteiger partial charge is 0.508 e. The number of benzene rings is 2. The van der Waals surface area contributed by atoms with Crippen molar-refractivity contribution in [3.63, 3.8) is 0 Å². The van der Waals surface area contributed by atoms with Crippen LogP contribution in [0.5, 0.6) is 11.5 Å². The Hall–Kier alpha value is -3.41. The zero-order chi connectivity index (χ0) is 16.2. The number of hydrazone groups is 1. The number of pyridine rings is 1. The Kier molecular flexibility index (Phi) is 3.88. The Labute approximate surface area is 131 Å². The molecule has 3 rings (SSSR count). The van der Waals surface area contributed by atoms with Crippen molar-refractivity contribution in [1.82, 2.24) is 10.4 Å². The van der Waals surface area contributed by atoms with Crippen LogP contribution in [0.2, 0.25) is 0 Å². The number of rotatable bonds is 3. The Morgan fingerprint density at radius 1 is 1.04 bits per heavy atom. The van der Waals surface area contributed by atoms with Crippen LogP contribution < -0.4 is 5.43 Å². The molecular weight excluding hydrogens is 294 g/mol. The number of phenols is 2. The highest BCUT2D eigenvalue weighted by Gasteiger charge is 2.04. The Morgan fingerprint density at radius 2 is 1.83 bits per heavy atom. The summed E-state index contributed by atoms with van der Waals surface area (Å²) in [4.78, 5) is 16.1. The summed E-state index contributed by atoms with van der Waals surface area (Å²) >= 11 is 0. The maximum absolute atomic E-state index is 11.8. The topological polar surface area (TPSA) is 94.8 Å². The van der Waals surface area contributed by atoms with Crippen molar-refractivity contribution in [3.8, 4) is 11.5 Å². The van der Waals surface area contributed by atoms with Crippen molar-refractivity contribution in [2.75, 3.05) is 0 Å². The zero-order valence-corrected chi connectivity index (χ0v) is 12.0. The predicted molar refractivity (Wildman–Crippen MR) is 86.6 cm³/mol.